The van der Waals surface area contributed by atoms with Crippen LogP contribution in [0.25, 0.3) is 10.8 Å². The number of nitrogen functional groups attached to an aromatic ring is 1. The average molecular weight is 552 g/mol. The van der Waals surface area contributed by atoms with Gasteiger partial charge < -0.3 is 20.3 Å². The van der Waals surface area contributed by atoms with Gasteiger partial charge in [-0.25, -0.2) is 23.2 Å². The molecule has 2 atom stereocenters. The van der Waals surface area contributed by atoms with Crippen molar-refractivity contribution in [3.63, 3.8) is 0 Å². The number of carbonyl (C=O) groups is 2. The van der Waals surface area contributed by atoms with E-state index >= 15 is 0 Å². The molecular formula is C28H33N5O5S. The van der Waals surface area contributed by atoms with Crippen molar-refractivity contribution >= 4 is 44.1 Å². The number of pyridine rings is 2. The number of methoxy groups -OCH3 is 1. The highest BCUT2D eigenvalue weighted by atomic mass is 32.2. The lowest BCUT2D eigenvalue weighted by Crippen LogP contribution is -2.45. The molecule has 2 aromatic heterocycles. The Hall–Kier alpha value is -3.99. The van der Waals surface area contributed by atoms with Crippen LogP contribution in [-0.4, -0.2) is 74.7 Å². The fraction of sp³-hybridized carbons (Fsp3) is 0.357. The van der Waals surface area contributed by atoms with Crippen molar-refractivity contribution in [1.82, 2.24) is 14.9 Å². The Labute approximate surface area is 228 Å². The first kappa shape index (κ1) is 28.0. The van der Waals surface area contributed by atoms with Crippen LogP contribution in [0.4, 0.5) is 11.6 Å². The third kappa shape index (κ3) is 5.88. The zero-order valence-corrected chi connectivity index (χ0v) is 23.3. The van der Waals surface area contributed by atoms with E-state index in [2.05, 4.69) is 9.97 Å². The molecule has 2 N–H and O–H groups in total. The highest BCUT2D eigenvalue weighted by molar-refractivity contribution is 7.91. The Kier molecular flexibility index (Phi) is 8.19. The number of nitrogens with zero attached hydrogens (tertiary/aromatic N) is 4. The first-order valence-electron chi connectivity index (χ1n) is 12.6. The number of anilines is 2. The second-order valence-corrected chi connectivity index (χ2v) is 11.8. The van der Waals surface area contributed by atoms with Crippen LogP contribution < -0.4 is 10.6 Å². The predicted octanol–water partition coefficient (Wildman–Crippen LogP) is 2.55. The van der Waals surface area contributed by atoms with Crippen LogP contribution in [0.15, 0.2) is 59.8 Å². The second-order valence-electron chi connectivity index (χ2n) is 9.77. The molecule has 39 heavy (non-hydrogen) atoms. The fourth-order valence-electron chi connectivity index (χ4n) is 4.84. The minimum Gasteiger partial charge on any atom is -0.467 e. The normalized spacial score (nSPS) is 16.7. The number of likely N-dealkylation sites (tertiary alicyclic amines) is 1. The molecule has 10 nitrogen and oxygen atoms in total. The van der Waals surface area contributed by atoms with Gasteiger partial charge in [-0.1, -0.05) is 24.3 Å². The SMILES string of the molecule is COC(=O)C(Cc1ccc2c(N)nccc2c1C)N1CCC(C=CCS(=O)(=O)c2ccc(N(C)C)nc2)C1=O. The number of fused-ring (bicyclic) bond motifs is 1. The van der Waals surface area contributed by atoms with Crippen molar-refractivity contribution in [2.24, 2.45) is 5.92 Å². The molecule has 0 spiro atoms. The van der Waals surface area contributed by atoms with Crippen LogP contribution in [-0.2, 0) is 30.6 Å². The zero-order valence-electron chi connectivity index (χ0n) is 22.5. The first-order chi connectivity index (χ1) is 18.5. The smallest absolute Gasteiger partial charge is 0.328 e. The maximum Gasteiger partial charge on any atom is 0.328 e. The fourth-order valence-corrected chi connectivity index (χ4v) is 5.88. The van der Waals surface area contributed by atoms with Gasteiger partial charge in [0.25, 0.3) is 0 Å². The van der Waals surface area contributed by atoms with E-state index in [4.69, 9.17) is 10.5 Å². The molecule has 3 aromatic rings. The van der Waals surface area contributed by atoms with Gasteiger partial charge in [0.1, 0.15) is 17.7 Å². The van der Waals surface area contributed by atoms with E-state index in [0.717, 1.165) is 21.9 Å². The highest BCUT2D eigenvalue weighted by Crippen LogP contribution is 2.29. The Balaban J connectivity index is 1.48. The van der Waals surface area contributed by atoms with Crippen LogP contribution in [0.2, 0.25) is 0 Å². The van der Waals surface area contributed by atoms with Crippen molar-refractivity contribution in [3.8, 4) is 0 Å². The number of ether oxygens (including phenoxy) is 1. The topological polar surface area (TPSA) is 136 Å². The molecule has 1 saturated heterocycles. The van der Waals surface area contributed by atoms with E-state index in [-0.39, 0.29) is 23.0 Å². The molecule has 1 fully saturated rings. The van der Waals surface area contributed by atoms with Gasteiger partial charge in [0.05, 0.1) is 23.7 Å². The van der Waals surface area contributed by atoms with Crippen LogP contribution in [0, 0.1) is 12.8 Å². The minimum absolute atomic E-state index is 0.117. The molecule has 2 unspecified atom stereocenters. The second kappa shape index (κ2) is 11.4. The average Bonchev–Trinajstić information content (AvgIpc) is 3.28. The zero-order chi connectivity index (χ0) is 28.3. The lowest BCUT2D eigenvalue weighted by atomic mass is 9.95. The van der Waals surface area contributed by atoms with Gasteiger partial charge >= 0.3 is 5.97 Å². The number of benzene rings is 1. The van der Waals surface area contributed by atoms with Crippen LogP contribution in [0.1, 0.15) is 17.5 Å². The Bertz CT molecular complexity index is 1520. The summed E-state index contributed by atoms with van der Waals surface area (Å²) in [4.78, 5) is 37.8. The summed E-state index contributed by atoms with van der Waals surface area (Å²) in [5.41, 5.74) is 7.86. The van der Waals surface area contributed by atoms with Gasteiger partial charge in [0.2, 0.25) is 5.91 Å². The summed E-state index contributed by atoms with van der Waals surface area (Å²) in [6.45, 7) is 2.31. The molecule has 206 valence electrons. The molecule has 1 amide bonds. The number of rotatable bonds is 9. The molecule has 1 aliphatic rings. The largest absolute Gasteiger partial charge is 0.467 e. The number of sulfone groups is 1. The molecule has 11 heteroatoms. The van der Waals surface area contributed by atoms with E-state index in [1.807, 2.05) is 39.2 Å². The number of amides is 1. The summed E-state index contributed by atoms with van der Waals surface area (Å²) in [6.07, 6.45) is 6.85. The summed E-state index contributed by atoms with van der Waals surface area (Å²) in [5, 5.41) is 1.76. The van der Waals surface area contributed by atoms with Gasteiger partial charge in [-0.2, -0.15) is 0 Å². The van der Waals surface area contributed by atoms with Gasteiger partial charge in [0.15, 0.2) is 9.84 Å². The Morgan fingerprint density at radius 3 is 2.64 bits per heavy atom. The summed E-state index contributed by atoms with van der Waals surface area (Å²) in [6, 6.07) is 8.00. The molecule has 1 aromatic carbocycles. The summed E-state index contributed by atoms with van der Waals surface area (Å²) in [7, 11) is 1.34. The molecule has 0 bridgehead atoms. The molecule has 0 saturated carbocycles. The van der Waals surface area contributed by atoms with Gasteiger partial charge in [-0.15, -0.1) is 0 Å². The number of nitrogens with two attached hydrogens (primary N) is 1. The quantitative estimate of drug-likeness (QED) is 0.314. The predicted molar refractivity (Wildman–Crippen MR) is 150 cm³/mol. The number of carbonyl (C=O) groups excluding carboxylic acids is 2. The van der Waals surface area contributed by atoms with Gasteiger partial charge in [-0.05, 0) is 48.1 Å². The maximum absolute atomic E-state index is 13.3. The Morgan fingerprint density at radius 2 is 1.97 bits per heavy atom. The number of hydrogen-bond acceptors (Lipinski definition) is 9. The highest BCUT2D eigenvalue weighted by Gasteiger charge is 2.38. The van der Waals surface area contributed by atoms with E-state index in [1.165, 1.54) is 30.3 Å². The molecule has 4 rings (SSSR count). The third-order valence-electron chi connectivity index (χ3n) is 7.12. The molecule has 1 aliphatic heterocycles. The summed E-state index contributed by atoms with van der Waals surface area (Å²) in [5.74, 6) is -0.429. The van der Waals surface area contributed by atoms with Crippen molar-refractivity contribution in [2.75, 3.05) is 44.1 Å². The number of aromatic nitrogens is 2. The third-order valence-corrected chi connectivity index (χ3v) is 8.71. The van der Waals surface area contributed by atoms with E-state index < -0.39 is 27.8 Å². The Morgan fingerprint density at radius 1 is 1.21 bits per heavy atom. The molecule has 3 heterocycles. The lowest BCUT2D eigenvalue weighted by Gasteiger charge is -2.26. The first-order valence-corrected chi connectivity index (χ1v) is 14.2. The van der Waals surface area contributed by atoms with Gasteiger partial charge in [0, 0.05) is 44.8 Å². The van der Waals surface area contributed by atoms with Gasteiger partial charge in [-0.3, -0.25) is 4.79 Å². The monoisotopic (exact) mass is 551 g/mol. The summed E-state index contributed by atoms with van der Waals surface area (Å²) < 4.78 is 30.5. The molecular weight excluding hydrogens is 518 g/mol. The van der Waals surface area contributed by atoms with Crippen molar-refractivity contribution in [1.29, 1.82) is 0 Å². The van der Waals surface area contributed by atoms with E-state index in [1.54, 1.807) is 23.2 Å². The van der Waals surface area contributed by atoms with Crippen LogP contribution in [0.5, 0.6) is 0 Å². The number of esters is 1. The van der Waals surface area contributed by atoms with Crippen LogP contribution in [0.3, 0.4) is 0 Å². The van der Waals surface area contributed by atoms with E-state index in [9.17, 15) is 18.0 Å². The van der Waals surface area contributed by atoms with E-state index in [0.29, 0.717) is 24.6 Å². The lowest BCUT2D eigenvalue weighted by molar-refractivity contribution is -0.151. The number of hydrogen-bond donors (Lipinski definition) is 1. The van der Waals surface area contributed by atoms with Crippen LogP contribution >= 0.6 is 0 Å². The minimum atomic E-state index is -3.61. The number of aryl methyl sites for hydroxylation is 1. The van der Waals surface area contributed by atoms with Crippen molar-refractivity contribution in [3.05, 3.63) is 66.0 Å². The maximum atomic E-state index is 13.3. The molecule has 0 aliphatic carbocycles. The standard InChI is InChI=1S/C28H33N5O5S/c1-18-20(7-9-23-22(18)11-13-30-26(23)29)16-24(28(35)38-4)33-14-12-19(27(33)34)6-5-15-39(36,37)21-8-10-25(31-17-21)32(2)3/h5-11,13,17,19,24H,12,14-16H2,1-4H3,(H2,29,30). The summed E-state index contributed by atoms with van der Waals surface area (Å²) >= 11 is 0. The molecule has 0 radical (unpaired) electrons. The van der Waals surface area contributed by atoms with Crippen molar-refractivity contribution < 1.29 is 22.7 Å². The van der Waals surface area contributed by atoms with Crippen molar-refractivity contribution in [2.45, 2.75) is 30.7 Å².